The van der Waals surface area contributed by atoms with Gasteiger partial charge in [-0.05, 0) is 27.7 Å². The lowest BCUT2D eigenvalue weighted by atomic mass is 10.2. The number of hydrogen-bond donors (Lipinski definition) is 2. The van der Waals surface area contributed by atoms with Crippen LogP contribution in [0.1, 0.15) is 34.1 Å². The summed E-state index contributed by atoms with van der Waals surface area (Å²) >= 11 is 0. The highest BCUT2D eigenvalue weighted by Crippen LogP contribution is 2.07. The zero-order valence-electron chi connectivity index (χ0n) is 13.8. The predicted molar refractivity (Wildman–Crippen MR) is 83.9 cm³/mol. The van der Waals surface area contributed by atoms with E-state index in [1.165, 1.54) is 0 Å². The van der Waals surface area contributed by atoms with Gasteiger partial charge in [-0.2, -0.15) is 5.10 Å². The summed E-state index contributed by atoms with van der Waals surface area (Å²) in [5, 5.41) is 17.1. The maximum Gasteiger partial charge on any atom is 0.349 e. The molecule has 9 nitrogen and oxygen atoms in total. The van der Waals surface area contributed by atoms with Crippen LogP contribution in [-0.2, 0) is 23.8 Å². The third-order valence-corrected chi connectivity index (χ3v) is 2.26. The molecule has 0 fully saturated rings. The van der Waals surface area contributed by atoms with Crippen molar-refractivity contribution in [2.75, 3.05) is 19.8 Å². The number of aliphatic hydroxyl groups is 1. The number of hydrogen-bond acceptors (Lipinski definition) is 8. The summed E-state index contributed by atoms with van der Waals surface area (Å²) < 4.78 is 14.4. The average Bonchev–Trinajstić information content (AvgIpc) is 2.46. The number of rotatable bonds is 9. The van der Waals surface area contributed by atoms with Crippen molar-refractivity contribution in [3.8, 4) is 0 Å². The Morgan fingerprint density at radius 1 is 1.00 bits per heavy atom. The minimum Gasteiger partial charge on any atom is -0.480 e. The second-order valence-corrected chi connectivity index (χ2v) is 4.14. The molecule has 0 aromatic heterocycles. The van der Waals surface area contributed by atoms with Gasteiger partial charge in [-0.1, -0.05) is 0 Å². The van der Waals surface area contributed by atoms with Crippen molar-refractivity contribution in [3.05, 3.63) is 11.5 Å². The first-order chi connectivity index (χ1) is 10.9. The topological polar surface area (TPSA) is 133 Å². The molecule has 23 heavy (non-hydrogen) atoms. The Bertz CT molecular complexity index is 511. The lowest BCUT2D eigenvalue weighted by Gasteiger charge is -2.08. The van der Waals surface area contributed by atoms with E-state index in [4.69, 9.17) is 19.9 Å². The van der Waals surface area contributed by atoms with Gasteiger partial charge in [0.05, 0.1) is 26.2 Å². The Labute approximate surface area is 134 Å². The molecule has 0 bridgehead atoms. The number of nitrogens with zero attached hydrogens (tertiary/aromatic N) is 2. The Morgan fingerprint density at radius 2 is 1.57 bits per heavy atom. The van der Waals surface area contributed by atoms with Crippen LogP contribution in [0, 0.1) is 0 Å². The van der Waals surface area contributed by atoms with Crippen LogP contribution in [0.5, 0.6) is 0 Å². The molecule has 9 heteroatoms. The largest absolute Gasteiger partial charge is 0.480 e. The van der Waals surface area contributed by atoms with E-state index in [9.17, 15) is 14.7 Å². The second-order valence-electron chi connectivity index (χ2n) is 4.14. The number of aliphatic hydroxyl groups excluding tert-OH is 1. The van der Waals surface area contributed by atoms with Crippen molar-refractivity contribution < 1.29 is 28.9 Å². The predicted octanol–water partition coefficient (Wildman–Crippen LogP) is 1.04. The Morgan fingerprint density at radius 3 is 2.09 bits per heavy atom. The van der Waals surface area contributed by atoms with Crippen LogP contribution in [0.2, 0.25) is 0 Å². The summed E-state index contributed by atoms with van der Waals surface area (Å²) in [6.45, 7) is 6.91. The zero-order chi connectivity index (χ0) is 17.8. The van der Waals surface area contributed by atoms with Gasteiger partial charge in [0, 0.05) is 5.71 Å². The zero-order valence-corrected chi connectivity index (χ0v) is 13.8. The minimum absolute atomic E-state index is 0.0689. The molecule has 130 valence electrons. The number of nitrogens with two attached hydrogens (primary N) is 1. The summed E-state index contributed by atoms with van der Waals surface area (Å²) in [4.78, 5) is 23.1. The number of amidine groups is 1. The number of carbonyl (C=O) groups excluding carboxylic acids is 2. The van der Waals surface area contributed by atoms with E-state index in [0.717, 1.165) is 0 Å². The van der Waals surface area contributed by atoms with Gasteiger partial charge >= 0.3 is 11.9 Å². The standard InChI is InChI=1S/C14H23N3O6/c1-5-21-10(18)8-9(4)16-17-12(15)11(13(19)22-6-2)14(20)23-7-3/h19H,5-8H2,1-4H3,(H2,15,17)/b13-11+,16-9-. The van der Waals surface area contributed by atoms with Gasteiger partial charge in [-0.25, -0.2) is 4.79 Å². The van der Waals surface area contributed by atoms with Crippen LogP contribution < -0.4 is 5.73 Å². The average molecular weight is 329 g/mol. The van der Waals surface area contributed by atoms with Crippen LogP contribution in [0.4, 0.5) is 0 Å². The van der Waals surface area contributed by atoms with Crippen molar-refractivity contribution in [3.63, 3.8) is 0 Å². The Balaban J connectivity index is 5.28. The van der Waals surface area contributed by atoms with E-state index in [1.54, 1.807) is 27.7 Å². The molecule has 0 spiro atoms. The van der Waals surface area contributed by atoms with Gasteiger partial charge in [0.1, 0.15) is 0 Å². The number of carbonyl (C=O) groups is 2. The SMILES string of the molecule is CCOC(=O)C\C(C)=N/N=C(N)/C(C(=O)OCC)=C(/O)OCC. The molecular weight excluding hydrogens is 306 g/mol. The fourth-order valence-corrected chi connectivity index (χ4v) is 1.36. The molecule has 0 heterocycles. The first kappa shape index (κ1) is 20.4. The quantitative estimate of drug-likeness (QED) is 0.161. The van der Waals surface area contributed by atoms with Crippen molar-refractivity contribution in [1.82, 2.24) is 0 Å². The smallest absolute Gasteiger partial charge is 0.349 e. The Hall–Kier alpha value is -2.58. The third kappa shape index (κ3) is 7.84. The molecule has 0 aliphatic heterocycles. The molecule has 0 unspecified atom stereocenters. The third-order valence-electron chi connectivity index (χ3n) is 2.26. The maximum atomic E-state index is 11.8. The van der Waals surface area contributed by atoms with E-state index in [2.05, 4.69) is 10.2 Å². The van der Waals surface area contributed by atoms with Gasteiger partial charge in [0.15, 0.2) is 11.4 Å². The van der Waals surface area contributed by atoms with Crippen LogP contribution in [0.3, 0.4) is 0 Å². The normalized spacial score (nSPS) is 13.2. The second kappa shape index (κ2) is 11.0. The summed E-state index contributed by atoms with van der Waals surface area (Å²) in [6.07, 6.45) is -0.0689. The number of ether oxygens (including phenoxy) is 3. The Kier molecular flexibility index (Phi) is 9.81. The molecule has 0 saturated heterocycles. The van der Waals surface area contributed by atoms with E-state index in [-0.39, 0.29) is 26.2 Å². The summed E-state index contributed by atoms with van der Waals surface area (Å²) in [6, 6.07) is 0. The van der Waals surface area contributed by atoms with Crippen LogP contribution in [-0.4, -0.2) is 48.4 Å². The summed E-state index contributed by atoms with van der Waals surface area (Å²) in [7, 11) is 0. The van der Waals surface area contributed by atoms with Crippen LogP contribution >= 0.6 is 0 Å². The first-order valence-electron chi connectivity index (χ1n) is 7.12. The lowest BCUT2D eigenvalue weighted by Crippen LogP contribution is -2.25. The highest BCUT2D eigenvalue weighted by Gasteiger charge is 2.22. The van der Waals surface area contributed by atoms with E-state index in [1.807, 2.05) is 0 Å². The number of esters is 2. The van der Waals surface area contributed by atoms with Crippen molar-refractivity contribution in [2.45, 2.75) is 34.1 Å². The van der Waals surface area contributed by atoms with E-state index >= 15 is 0 Å². The fourth-order valence-electron chi connectivity index (χ4n) is 1.36. The molecule has 0 rings (SSSR count). The van der Waals surface area contributed by atoms with Crippen molar-refractivity contribution in [1.29, 1.82) is 0 Å². The molecule has 0 aliphatic carbocycles. The van der Waals surface area contributed by atoms with E-state index in [0.29, 0.717) is 5.71 Å². The fraction of sp³-hybridized carbons (Fsp3) is 0.571. The molecule has 0 aliphatic rings. The molecule has 0 saturated carbocycles. The minimum atomic E-state index is -0.891. The molecule has 0 radical (unpaired) electrons. The van der Waals surface area contributed by atoms with Gasteiger partial charge in [-0.15, -0.1) is 5.10 Å². The summed E-state index contributed by atoms with van der Waals surface area (Å²) in [5.41, 5.74) is 5.54. The van der Waals surface area contributed by atoms with Crippen molar-refractivity contribution in [2.24, 2.45) is 15.9 Å². The van der Waals surface area contributed by atoms with Gasteiger partial charge in [-0.3, -0.25) is 4.79 Å². The highest BCUT2D eigenvalue weighted by molar-refractivity contribution is 6.18. The maximum absolute atomic E-state index is 11.8. The van der Waals surface area contributed by atoms with Crippen molar-refractivity contribution >= 4 is 23.5 Å². The molecular formula is C14H23N3O6. The van der Waals surface area contributed by atoms with Crippen LogP contribution in [0.15, 0.2) is 21.7 Å². The lowest BCUT2D eigenvalue weighted by molar-refractivity contribution is -0.141. The monoisotopic (exact) mass is 329 g/mol. The first-order valence-corrected chi connectivity index (χ1v) is 7.12. The molecule has 0 aromatic carbocycles. The highest BCUT2D eigenvalue weighted by atomic mass is 16.6. The molecule has 0 amide bonds. The summed E-state index contributed by atoms with van der Waals surface area (Å²) in [5.74, 6) is -2.44. The van der Waals surface area contributed by atoms with Gasteiger partial charge in [0.25, 0.3) is 5.95 Å². The molecule has 3 N–H and O–H groups in total. The molecule has 0 aromatic rings. The molecule has 0 atom stereocenters. The van der Waals surface area contributed by atoms with Gasteiger partial charge in [0.2, 0.25) is 0 Å². The van der Waals surface area contributed by atoms with Gasteiger partial charge < -0.3 is 25.1 Å². The van der Waals surface area contributed by atoms with E-state index < -0.39 is 29.3 Å². The van der Waals surface area contributed by atoms with Crippen LogP contribution in [0.25, 0.3) is 0 Å².